The number of nitrogens with one attached hydrogen (secondary N) is 2. The molecule has 0 aliphatic heterocycles. The highest BCUT2D eigenvalue weighted by Crippen LogP contribution is 2.20. The molecule has 1 aromatic heterocycles. The van der Waals surface area contributed by atoms with Gasteiger partial charge in [-0.2, -0.15) is 4.68 Å². The molecule has 0 aliphatic rings. The van der Waals surface area contributed by atoms with Crippen molar-refractivity contribution in [3.8, 4) is 5.69 Å². The van der Waals surface area contributed by atoms with Gasteiger partial charge in [0.2, 0.25) is 11.8 Å². The first-order valence-corrected chi connectivity index (χ1v) is 9.54. The van der Waals surface area contributed by atoms with Crippen molar-refractivity contribution in [2.75, 3.05) is 5.32 Å². The second-order valence-electron chi connectivity index (χ2n) is 7.24. The number of hydrogen-bond acceptors (Lipinski definition) is 5. The van der Waals surface area contributed by atoms with Gasteiger partial charge < -0.3 is 10.6 Å². The minimum atomic E-state index is -0.820. The summed E-state index contributed by atoms with van der Waals surface area (Å²) in [7, 11) is 0. The zero-order valence-electron chi connectivity index (χ0n) is 17.0. The van der Waals surface area contributed by atoms with Crippen LogP contribution in [0.3, 0.4) is 0 Å². The largest absolute Gasteiger partial charge is 0.344 e. The number of aryl methyl sites for hydroxylation is 1. The summed E-state index contributed by atoms with van der Waals surface area (Å²) in [6.45, 7) is 5.33. The van der Waals surface area contributed by atoms with Gasteiger partial charge in [0.05, 0.1) is 17.8 Å². The fraction of sp³-hybridized carbons (Fsp3) is 0.286. The maximum absolute atomic E-state index is 14.3. The van der Waals surface area contributed by atoms with Gasteiger partial charge in [0.25, 0.3) is 0 Å². The summed E-state index contributed by atoms with van der Waals surface area (Å²) >= 11 is 0. The van der Waals surface area contributed by atoms with Crippen LogP contribution in [-0.4, -0.2) is 38.1 Å². The van der Waals surface area contributed by atoms with Gasteiger partial charge in [0.1, 0.15) is 11.9 Å². The molecule has 1 heterocycles. The summed E-state index contributed by atoms with van der Waals surface area (Å²) in [6.07, 6.45) is 0.153. The Morgan fingerprint density at radius 3 is 2.50 bits per heavy atom. The Morgan fingerprint density at radius 1 is 1.13 bits per heavy atom. The third kappa shape index (κ3) is 5.05. The molecular formula is C21H23FN6O2. The van der Waals surface area contributed by atoms with Crippen molar-refractivity contribution in [3.05, 3.63) is 65.7 Å². The fourth-order valence-electron chi connectivity index (χ4n) is 2.96. The third-order valence-electron chi connectivity index (χ3n) is 4.55. The van der Waals surface area contributed by atoms with Crippen LogP contribution in [0.5, 0.6) is 0 Å². The van der Waals surface area contributed by atoms with Gasteiger partial charge in [0.15, 0.2) is 5.82 Å². The number of nitrogens with zero attached hydrogens (tertiary/aromatic N) is 4. The van der Waals surface area contributed by atoms with Crippen LogP contribution in [0.2, 0.25) is 0 Å². The molecule has 3 aromatic rings. The van der Waals surface area contributed by atoms with Gasteiger partial charge in [-0.3, -0.25) is 9.59 Å². The summed E-state index contributed by atoms with van der Waals surface area (Å²) in [5, 5.41) is 16.5. The number of amides is 2. The Bertz CT molecular complexity index is 1030. The smallest absolute Gasteiger partial charge is 0.247 e. The Balaban J connectivity index is 1.73. The monoisotopic (exact) mass is 410 g/mol. The molecule has 0 bridgehead atoms. The molecule has 30 heavy (non-hydrogen) atoms. The number of rotatable bonds is 7. The quantitative estimate of drug-likeness (QED) is 0.623. The summed E-state index contributed by atoms with van der Waals surface area (Å²) in [5.74, 6) is -1.06. The number of hydrogen-bond donors (Lipinski definition) is 2. The van der Waals surface area contributed by atoms with E-state index in [4.69, 9.17) is 0 Å². The Kier molecular flexibility index (Phi) is 6.51. The number of halogens is 1. The predicted octanol–water partition coefficient (Wildman–Crippen LogP) is 2.43. The van der Waals surface area contributed by atoms with Gasteiger partial charge in [-0.05, 0) is 47.0 Å². The lowest BCUT2D eigenvalue weighted by Crippen LogP contribution is -2.47. The first-order chi connectivity index (χ1) is 14.3. The van der Waals surface area contributed by atoms with E-state index in [1.165, 1.54) is 22.9 Å². The van der Waals surface area contributed by atoms with Crippen molar-refractivity contribution in [3.63, 3.8) is 0 Å². The number of anilines is 1. The van der Waals surface area contributed by atoms with Gasteiger partial charge in [-0.1, -0.05) is 44.2 Å². The van der Waals surface area contributed by atoms with Gasteiger partial charge in [0, 0.05) is 0 Å². The lowest BCUT2D eigenvalue weighted by Gasteiger charge is -2.22. The van der Waals surface area contributed by atoms with E-state index >= 15 is 0 Å². The summed E-state index contributed by atoms with van der Waals surface area (Å²) in [6, 6.07) is 12.6. The standard InChI is InChI=1S/C21H23FN6O2/c1-13(2)20(24-19(29)11-15-7-5-4-6-8-15)21(30)23-18-12-16(9-10-17(18)22)28-14(3)25-26-27-28/h4-10,12-13,20H,11H2,1-3H3,(H,23,30)(H,24,29). The zero-order chi connectivity index (χ0) is 21.7. The van der Waals surface area contributed by atoms with E-state index in [2.05, 4.69) is 26.2 Å². The summed E-state index contributed by atoms with van der Waals surface area (Å²) in [4.78, 5) is 25.2. The molecule has 3 rings (SSSR count). The van der Waals surface area contributed by atoms with Crippen LogP contribution >= 0.6 is 0 Å². The molecule has 0 saturated heterocycles. The predicted molar refractivity (Wildman–Crippen MR) is 109 cm³/mol. The molecule has 9 heteroatoms. The average Bonchev–Trinajstić information content (AvgIpc) is 3.14. The van der Waals surface area contributed by atoms with E-state index in [1.807, 2.05) is 44.2 Å². The first-order valence-electron chi connectivity index (χ1n) is 9.54. The molecule has 1 atom stereocenters. The summed E-state index contributed by atoms with van der Waals surface area (Å²) < 4.78 is 15.8. The number of carbonyl (C=O) groups excluding carboxylic acids is 2. The maximum Gasteiger partial charge on any atom is 0.247 e. The first kappa shape index (κ1) is 21.1. The fourth-order valence-corrected chi connectivity index (χ4v) is 2.96. The van der Waals surface area contributed by atoms with Crippen LogP contribution in [0, 0.1) is 18.7 Å². The van der Waals surface area contributed by atoms with E-state index in [0.717, 1.165) is 5.56 Å². The normalized spacial score (nSPS) is 11.9. The van der Waals surface area contributed by atoms with Crippen molar-refractivity contribution < 1.29 is 14.0 Å². The van der Waals surface area contributed by atoms with Crippen molar-refractivity contribution >= 4 is 17.5 Å². The van der Waals surface area contributed by atoms with E-state index < -0.39 is 17.8 Å². The molecular weight excluding hydrogens is 387 g/mol. The van der Waals surface area contributed by atoms with Crippen LogP contribution in [0.4, 0.5) is 10.1 Å². The Hall–Kier alpha value is -3.62. The zero-order valence-corrected chi connectivity index (χ0v) is 17.0. The number of benzene rings is 2. The van der Waals surface area contributed by atoms with E-state index in [1.54, 1.807) is 6.92 Å². The number of carbonyl (C=O) groups is 2. The van der Waals surface area contributed by atoms with Crippen molar-refractivity contribution in [2.45, 2.75) is 33.2 Å². The highest BCUT2D eigenvalue weighted by molar-refractivity contribution is 5.97. The molecule has 156 valence electrons. The highest BCUT2D eigenvalue weighted by Gasteiger charge is 2.25. The number of tetrazole rings is 1. The van der Waals surface area contributed by atoms with E-state index in [-0.39, 0.29) is 23.9 Å². The van der Waals surface area contributed by atoms with Crippen LogP contribution in [0.25, 0.3) is 5.69 Å². The molecule has 8 nitrogen and oxygen atoms in total. The topological polar surface area (TPSA) is 102 Å². The van der Waals surface area contributed by atoms with Crippen LogP contribution in [0.1, 0.15) is 25.2 Å². The van der Waals surface area contributed by atoms with E-state index in [9.17, 15) is 14.0 Å². The van der Waals surface area contributed by atoms with Gasteiger partial charge >= 0.3 is 0 Å². The van der Waals surface area contributed by atoms with Crippen molar-refractivity contribution in [1.82, 2.24) is 25.5 Å². The molecule has 0 saturated carbocycles. The van der Waals surface area contributed by atoms with E-state index in [0.29, 0.717) is 11.5 Å². The molecule has 2 amide bonds. The third-order valence-corrected chi connectivity index (χ3v) is 4.55. The molecule has 0 radical (unpaired) electrons. The molecule has 0 aliphatic carbocycles. The molecule has 2 N–H and O–H groups in total. The van der Waals surface area contributed by atoms with Crippen molar-refractivity contribution in [2.24, 2.45) is 5.92 Å². The molecule has 0 spiro atoms. The molecule has 1 unspecified atom stereocenters. The highest BCUT2D eigenvalue weighted by atomic mass is 19.1. The van der Waals surface area contributed by atoms with Crippen LogP contribution in [0.15, 0.2) is 48.5 Å². The van der Waals surface area contributed by atoms with Crippen LogP contribution < -0.4 is 10.6 Å². The lowest BCUT2D eigenvalue weighted by molar-refractivity contribution is -0.127. The lowest BCUT2D eigenvalue weighted by atomic mass is 10.0. The minimum absolute atomic E-state index is 0.0182. The SMILES string of the molecule is Cc1nnnn1-c1ccc(F)c(NC(=O)C(NC(=O)Cc2ccccc2)C(C)C)c1. The van der Waals surface area contributed by atoms with Gasteiger partial charge in [-0.15, -0.1) is 5.10 Å². The number of aromatic nitrogens is 4. The second-order valence-corrected chi connectivity index (χ2v) is 7.24. The Labute approximate surface area is 173 Å². The maximum atomic E-state index is 14.3. The second kappa shape index (κ2) is 9.25. The average molecular weight is 410 g/mol. The van der Waals surface area contributed by atoms with Gasteiger partial charge in [-0.25, -0.2) is 4.39 Å². The van der Waals surface area contributed by atoms with Crippen molar-refractivity contribution in [1.29, 1.82) is 0 Å². The molecule has 0 fully saturated rings. The summed E-state index contributed by atoms with van der Waals surface area (Å²) in [5.41, 5.74) is 1.33. The molecule has 2 aromatic carbocycles. The Morgan fingerprint density at radius 2 is 1.87 bits per heavy atom. The minimum Gasteiger partial charge on any atom is -0.344 e. The van der Waals surface area contributed by atoms with Crippen LogP contribution in [-0.2, 0) is 16.0 Å².